The van der Waals surface area contributed by atoms with Gasteiger partial charge in [-0.2, -0.15) is 0 Å². The maximum absolute atomic E-state index is 5.09. The lowest BCUT2D eigenvalue weighted by atomic mass is 10.4. The minimum atomic E-state index is 0.723. The van der Waals surface area contributed by atoms with Crippen LogP contribution in [0.3, 0.4) is 0 Å². The highest BCUT2D eigenvalue weighted by molar-refractivity contribution is 5.46. The molecule has 0 aromatic carbocycles. The minimum absolute atomic E-state index is 0.723. The van der Waals surface area contributed by atoms with E-state index in [1.54, 1.807) is 7.11 Å². The standard InChI is InChI=1S/C12H21N3O/c1-4-13-11-7-6-8-12(14-11)15(5-2)9-10-16-3/h6-8H,4-5,9-10H2,1-3H3,(H,13,14). The summed E-state index contributed by atoms with van der Waals surface area (Å²) in [6.45, 7) is 7.61. The average Bonchev–Trinajstić information content (AvgIpc) is 2.31. The van der Waals surface area contributed by atoms with Crippen molar-refractivity contribution in [3.8, 4) is 0 Å². The quantitative estimate of drug-likeness (QED) is 0.767. The first-order chi connectivity index (χ1) is 7.81. The molecular weight excluding hydrogens is 202 g/mol. The summed E-state index contributed by atoms with van der Waals surface area (Å²) in [5, 5.41) is 3.21. The number of aromatic nitrogens is 1. The molecule has 1 aromatic heterocycles. The number of methoxy groups -OCH3 is 1. The van der Waals surface area contributed by atoms with Gasteiger partial charge in [0.25, 0.3) is 0 Å². The Morgan fingerprint density at radius 2 is 2.19 bits per heavy atom. The molecule has 0 radical (unpaired) electrons. The largest absolute Gasteiger partial charge is 0.383 e. The Labute approximate surface area is 97.6 Å². The third-order valence-corrected chi connectivity index (χ3v) is 2.36. The van der Waals surface area contributed by atoms with Crippen molar-refractivity contribution in [3.63, 3.8) is 0 Å². The van der Waals surface area contributed by atoms with E-state index in [4.69, 9.17) is 4.74 Å². The van der Waals surface area contributed by atoms with E-state index in [1.807, 2.05) is 18.2 Å². The minimum Gasteiger partial charge on any atom is -0.383 e. The Hall–Kier alpha value is -1.29. The average molecular weight is 223 g/mol. The number of pyridine rings is 1. The Morgan fingerprint density at radius 3 is 2.81 bits per heavy atom. The summed E-state index contributed by atoms with van der Waals surface area (Å²) in [7, 11) is 1.72. The first-order valence-electron chi connectivity index (χ1n) is 5.76. The Balaban J connectivity index is 2.71. The highest BCUT2D eigenvalue weighted by Gasteiger charge is 2.05. The summed E-state index contributed by atoms with van der Waals surface area (Å²) in [4.78, 5) is 6.74. The van der Waals surface area contributed by atoms with Crippen molar-refractivity contribution in [2.24, 2.45) is 0 Å². The second kappa shape index (κ2) is 7.06. The van der Waals surface area contributed by atoms with Crippen LogP contribution in [-0.2, 0) is 4.74 Å². The Bertz CT molecular complexity index is 304. The second-order valence-electron chi connectivity index (χ2n) is 3.48. The van der Waals surface area contributed by atoms with Crippen molar-refractivity contribution in [3.05, 3.63) is 18.2 Å². The summed E-state index contributed by atoms with van der Waals surface area (Å²) in [6.07, 6.45) is 0. The van der Waals surface area contributed by atoms with E-state index in [0.717, 1.165) is 37.9 Å². The molecule has 0 aliphatic heterocycles. The molecule has 16 heavy (non-hydrogen) atoms. The van der Waals surface area contributed by atoms with Gasteiger partial charge in [-0.1, -0.05) is 6.07 Å². The molecule has 0 saturated carbocycles. The molecule has 90 valence electrons. The topological polar surface area (TPSA) is 37.4 Å². The molecule has 0 aliphatic rings. The highest BCUT2D eigenvalue weighted by Crippen LogP contribution is 2.13. The summed E-state index contributed by atoms with van der Waals surface area (Å²) >= 11 is 0. The van der Waals surface area contributed by atoms with Crippen LogP contribution in [0.1, 0.15) is 13.8 Å². The maximum Gasteiger partial charge on any atom is 0.131 e. The number of anilines is 2. The zero-order valence-corrected chi connectivity index (χ0v) is 10.4. The smallest absolute Gasteiger partial charge is 0.131 e. The number of hydrogen-bond donors (Lipinski definition) is 1. The number of rotatable bonds is 7. The fourth-order valence-corrected chi connectivity index (χ4v) is 1.52. The van der Waals surface area contributed by atoms with Gasteiger partial charge in [0, 0.05) is 26.7 Å². The lowest BCUT2D eigenvalue weighted by Crippen LogP contribution is -2.27. The van der Waals surface area contributed by atoms with E-state index in [-0.39, 0.29) is 0 Å². The van der Waals surface area contributed by atoms with E-state index in [1.165, 1.54) is 0 Å². The normalized spacial score (nSPS) is 10.2. The fraction of sp³-hybridized carbons (Fsp3) is 0.583. The van der Waals surface area contributed by atoms with Crippen LogP contribution in [0.4, 0.5) is 11.6 Å². The van der Waals surface area contributed by atoms with Crippen LogP contribution in [0.15, 0.2) is 18.2 Å². The van der Waals surface area contributed by atoms with Crippen molar-refractivity contribution >= 4 is 11.6 Å². The molecule has 0 fully saturated rings. The van der Waals surface area contributed by atoms with E-state index in [2.05, 4.69) is 29.0 Å². The molecule has 4 heteroatoms. The van der Waals surface area contributed by atoms with Crippen LogP contribution in [0.25, 0.3) is 0 Å². The van der Waals surface area contributed by atoms with Crippen LogP contribution in [0.2, 0.25) is 0 Å². The van der Waals surface area contributed by atoms with Gasteiger partial charge < -0.3 is 15.0 Å². The predicted octanol–water partition coefficient (Wildman–Crippen LogP) is 1.99. The zero-order chi connectivity index (χ0) is 11.8. The van der Waals surface area contributed by atoms with E-state index < -0.39 is 0 Å². The molecule has 0 bridgehead atoms. The van der Waals surface area contributed by atoms with Crippen LogP contribution in [-0.4, -0.2) is 38.3 Å². The first kappa shape index (κ1) is 12.8. The van der Waals surface area contributed by atoms with Gasteiger partial charge in [-0.3, -0.25) is 0 Å². The Kier molecular flexibility index (Phi) is 5.64. The maximum atomic E-state index is 5.09. The number of likely N-dealkylation sites (N-methyl/N-ethyl adjacent to an activating group) is 1. The van der Waals surface area contributed by atoms with Crippen molar-refractivity contribution in [2.45, 2.75) is 13.8 Å². The van der Waals surface area contributed by atoms with Crippen LogP contribution < -0.4 is 10.2 Å². The van der Waals surface area contributed by atoms with Crippen molar-refractivity contribution in [1.82, 2.24) is 4.98 Å². The molecule has 1 rings (SSSR count). The van der Waals surface area contributed by atoms with Gasteiger partial charge in [0.15, 0.2) is 0 Å². The van der Waals surface area contributed by atoms with E-state index in [9.17, 15) is 0 Å². The van der Waals surface area contributed by atoms with Crippen LogP contribution >= 0.6 is 0 Å². The molecule has 0 amide bonds. The van der Waals surface area contributed by atoms with Gasteiger partial charge in [0.05, 0.1) is 6.61 Å². The fourth-order valence-electron chi connectivity index (χ4n) is 1.52. The van der Waals surface area contributed by atoms with Gasteiger partial charge in [-0.25, -0.2) is 4.98 Å². The second-order valence-corrected chi connectivity index (χ2v) is 3.48. The van der Waals surface area contributed by atoms with Crippen LogP contribution in [0, 0.1) is 0 Å². The van der Waals surface area contributed by atoms with Gasteiger partial charge in [0.1, 0.15) is 11.6 Å². The third kappa shape index (κ3) is 3.70. The number of ether oxygens (including phenoxy) is 1. The Morgan fingerprint density at radius 1 is 1.38 bits per heavy atom. The van der Waals surface area contributed by atoms with Crippen molar-refractivity contribution in [1.29, 1.82) is 0 Å². The summed E-state index contributed by atoms with van der Waals surface area (Å²) in [5.41, 5.74) is 0. The summed E-state index contributed by atoms with van der Waals surface area (Å²) in [6, 6.07) is 6.03. The van der Waals surface area contributed by atoms with E-state index in [0.29, 0.717) is 0 Å². The molecule has 1 aromatic rings. The molecule has 0 unspecified atom stereocenters. The van der Waals surface area contributed by atoms with Gasteiger partial charge in [-0.15, -0.1) is 0 Å². The van der Waals surface area contributed by atoms with Gasteiger partial charge in [-0.05, 0) is 26.0 Å². The third-order valence-electron chi connectivity index (χ3n) is 2.36. The van der Waals surface area contributed by atoms with E-state index >= 15 is 0 Å². The number of nitrogens with one attached hydrogen (secondary N) is 1. The first-order valence-corrected chi connectivity index (χ1v) is 5.76. The summed E-state index contributed by atoms with van der Waals surface area (Å²) in [5.74, 6) is 1.92. The molecule has 0 aliphatic carbocycles. The number of nitrogens with zero attached hydrogens (tertiary/aromatic N) is 2. The lowest BCUT2D eigenvalue weighted by molar-refractivity contribution is 0.205. The van der Waals surface area contributed by atoms with Crippen LogP contribution in [0.5, 0.6) is 0 Å². The van der Waals surface area contributed by atoms with Crippen molar-refractivity contribution in [2.75, 3.05) is 43.6 Å². The molecule has 1 heterocycles. The predicted molar refractivity (Wildman–Crippen MR) is 68.2 cm³/mol. The molecule has 0 atom stereocenters. The SMILES string of the molecule is CCNc1cccc(N(CC)CCOC)n1. The van der Waals surface area contributed by atoms with Gasteiger partial charge in [0.2, 0.25) is 0 Å². The molecule has 0 saturated heterocycles. The zero-order valence-electron chi connectivity index (χ0n) is 10.4. The lowest BCUT2D eigenvalue weighted by Gasteiger charge is -2.21. The van der Waals surface area contributed by atoms with Gasteiger partial charge >= 0.3 is 0 Å². The molecule has 0 spiro atoms. The number of hydrogen-bond acceptors (Lipinski definition) is 4. The monoisotopic (exact) mass is 223 g/mol. The van der Waals surface area contributed by atoms with Crippen molar-refractivity contribution < 1.29 is 4.74 Å². The summed E-state index contributed by atoms with van der Waals surface area (Å²) < 4.78 is 5.09. The highest BCUT2D eigenvalue weighted by atomic mass is 16.5. The molecular formula is C12H21N3O. The molecule has 1 N–H and O–H groups in total. The molecule has 4 nitrogen and oxygen atoms in total.